The summed E-state index contributed by atoms with van der Waals surface area (Å²) in [5.41, 5.74) is -0.0631. The van der Waals surface area contributed by atoms with Crippen molar-refractivity contribution in [2.75, 3.05) is 19.8 Å². The zero-order chi connectivity index (χ0) is 30.4. The van der Waals surface area contributed by atoms with Crippen LogP contribution in [0.3, 0.4) is 0 Å². The van der Waals surface area contributed by atoms with Crippen LogP contribution in [0.5, 0.6) is 0 Å². The highest BCUT2D eigenvalue weighted by Crippen LogP contribution is 2.65. The molecule has 1 spiro atoms. The van der Waals surface area contributed by atoms with Crippen LogP contribution in [-0.4, -0.2) is 84.7 Å². The van der Waals surface area contributed by atoms with Gasteiger partial charge < -0.3 is 24.4 Å². The summed E-state index contributed by atoms with van der Waals surface area (Å²) in [5, 5.41) is 19.2. The number of hydrogen-bond acceptors (Lipinski definition) is 8. The highest BCUT2D eigenvalue weighted by molar-refractivity contribution is 5.99. The lowest BCUT2D eigenvalue weighted by Crippen LogP contribution is -2.57. The zero-order valence-electron chi connectivity index (χ0n) is 24.5. The van der Waals surface area contributed by atoms with Gasteiger partial charge in [0.1, 0.15) is 29.7 Å². The second kappa shape index (κ2) is 11.2. The van der Waals surface area contributed by atoms with Crippen LogP contribution in [0, 0.1) is 11.8 Å². The van der Waals surface area contributed by atoms with Crippen molar-refractivity contribution in [3.63, 3.8) is 0 Å². The number of aliphatic hydroxyl groups excluding tert-OH is 1. The number of hydrogen-bond donors (Lipinski definition) is 1. The fourth-order valence-electron chi connectivity index (χ4n) is 7.62. The number of carbonyl (C=O) groups excluding carboxylic acids is 3. The van der Waals surface area contributed by atoms with Crippen molar-refractivity contribution in [1.82, 2.24) is 24.8 Å². The van der Waals surface area contributed by atoms with Gasteiger partial charge in [-0.2, -0.15) is 0 Å². The van der Waals surface area contributed by atoms with Crippen LogP contribution < -0.4 is 0 Å². The predicted octanol–water partition coefficient (Wildman–Crippen LogP) is 2.85. The Morgan fingerprint density at radius 1 is 1.19 bits per heavy atom. The van der Waals surface area contributed by atoms with Gasteiger partial charge in [-0.3, -0.25) is 14.4 Å². The van der Waals surface area contributed by atoms with Gasteiger partial charge in [-0.05, 0) is 43.9 Å². The number of aromatic nitrogens is 3. The maximum absolute atomic E-state index is 14.9. The van der Waals surface area contributed by atoms with E-state index in [2.05, 4.69) is 16.9 Å². The molecule has 11 heteroatoms. The number of fused-ring (bicyclic) bond motifs is 2. The SMILES string of the molecule is C=CCN(Cn1nnc2ccccc21)C(=O)C1N([C@H](CO)c2ccccc2)C(=O)[C@@H]2[C@@H](C(=O)OCC)[C@@]3(CC)CCC12O3. The van der Waals surface area contributed by atoms with Crippen LogP contribution in [0.2, 0.25) is 0 Å². The van der Waals surface area contributed by atoms with Crippen LogP contribution in [0.25, 0.3) is 11.0 Å². The van der Waals surface area contributed by atoms with E-state index < -0.39 is 47.7 Å². The first kappa shape index (κ1) is 29.0. The molecule has 2 aromatic carbocycles. The van der Waals surface area contributed by atoms with Crippen molar-refractivity contribution < 1.29 is 29.0 Å². The fourth-order valence-corrected chi connectivity index (χ4v) is 7.62. The summed E-state index contributed by atoms with van der Waals surface area (Å²) >= 11 is 0. The van der Waals surface area contributed by atoms with Crippen molar-refractivity contribution in [1.29, 1.82) is 0 Å². The molecule has 6 atom stereocenters. The Kier molecular flexibility index (Phi) is 7.55. The van der Waals surface area contributed by atoms with Gasteiger partial charge in [-0.1, -0.05) is 60.7 Å². The number of ether oxygens (including phenoxy) is 2. The average molecular weight is 588 g/mol. The average Bonchev–Trinajstić information content (AvgIpc) is 3.75. The van der Waals surface area contributed by atoms with Crippen molar-refractivity contribution in [2.45, 2.75) is 63.1 Å². The maximum Gasteiger partial charge on any atom is 0.312 e. The smallest absolute Gasteiger partial charge is 0.312 e. The van der Waals surface area contributed by atoms with Gasteiger partial charge in [-0.25, -0.2) is 4.68 Å². The Bertz CT molecular complexity index is 1540. The highest BCUT2D eigenvalue weighted by Gasteiger charge is 2.79. The summed E-state index contributed by atoms with van der Waals surface area (Å²) in [5.74, 6) is -3.04. The van der Waals surface area contributed by atoms with Gasteiger partial charge in [0.15, 0.2) is 0 Å². The Balaban J connectivity index is 1.47. The van der Waals surface area contributed by atoms with Gasteiger partial charge in [0.05, 0.1) is 36.3 Å². The number of likely N-dealkylation sites (tertiary alicyclic amines) is 1. The topological polar surface area (TPSA) is 127 Å². The molecule has 43 heavy (non-hydrogen) atoms. The van der Waals surface area contributed by atoms with Crippen LogP contribution in [0.15, 0.2) is 67.3 Å². The molecule has 0 aliphatic carbocycles. The molecular weight excluding hydrogens is 550 g/mol. The second-order valence-electron chi connectivity index (χ2n) is 11.5. The van der Waals surface area contributed by atoms with Gasteiger partial charge in [0.25, 0.3) is 0 Å². The molecule has 6 rings (SSSR count). The lowest BCUT2D eigenvalue weighted by Gasteiger charge is -2.39. The molecule has 0 saturated carbocycles. The van der Waals surface area contributed by atoms with E-state index in [0.29, 0.717) is 30.3 Å². The summed E-state index contributed by atoms with van der Waals surface area (Å²) in [6, 6.07) is 14.7. The predicted molar refractivity (Wildman–Crippen MR) is 156 cm³/mol. The quantitative estimate of drug-likeness (QED) is 0.268. The molecule has 1 N–H and O–H groups in total. The van der Waals surface area contributed by atoms with E-state index in [9.17, 15) is 19.5 Å². The van der Waals surface area contributed by atoms with E-state index in [0.717, 1.165) is 5.52 Å². The first-order valence-electron chi connectivity index (χ1n) is 14.9. The van der Waals surface area contributed by atoms with Gasteiger partial charge in [0.2, 0.25) is 11.8 Å². The summed E-state index contributed by atoms with van der Waals surface area (Å²) < 4.78 is 14.0. The number of benzene rings is 2. The molecule has 2 bridgehead atoms. The summed E-state index contributed by atoms with van der Waals surface area (Å²) in [6.07, 6.45) is 3.04. The minimum absolute atomic E-state index is 0.0556. The normalized spacial score (nSPS) is 28.2. The number of para-hydroxylation sites is 1. The largest absolute Gasteiger partial charge is 0.466 e. The molecule has 3 aliphatic rings. The Morgan fingerprint density at radius 2 is 1.93 bits per heavy atom. The van der Waals surface area contributed by atoms with E-state index in [-0.39, 0.29) is 31.6 Å². The molecule has 2 amide bonds. The highest BCUT2D eigenvalue weighted by atomic mass is 16.6. The fraction of sp³-hybridized carbons (Fsp3) is 0.469. The summed E-state index contributed by atoms with van der Waals surface area (Å²) in [7, 11) is 0. The summed E-state index contributed by atoms with van der Waals surface area (Å²) in [4.78, 5) is 46.0. The summed E-state index contributed by atoms with van der Waals surface area (Å²) in [6.45, 7) is 7.51. The maximum atomic E-state index is 14.9. The first-order chi connectivity index (χ1) is 20.9. The lowest BCUT2D eigenvalue weighted by molar-refractivity contribution is -0.163. The van der Waals surface area contributed by atoms with Crippen LogP contribution in [0.4, 0.5) is 0 Å². The minimum atomic E-state index is -1.27. The molecular formula is C32H37N5O6. The molecule has 226 valence electrons. The number of esters is 1. The number of aliphatic hydroxyl groups is 1. The molecule has 0 radical (unpaired) electrons. The zero-order valence-corrected chi connectivity index (χ0v) is 24.5. The molecule has 4 heterocycles. The molecule has 3 saturated heterocycles. The van der Waals surface area contributed by atoms with Crippen LogP contribution in [0.1, 0.15) is 44.7 Å². The third-order valence-corrected chi connectivity index (χ3v) is 9.47. The number of carbonyl (C=O) groups is 3. The number of nitrogens with zero attached hydrogens (tertiary/aromatic N) is 5. The number of amides is 2. The van der Waals surface area contributed by atoms with Gasteiger partial charge in [-0.15, -0.1) is 11.7 Å². The molecule has 3 aromatic rings. The third-order valence-electron chi connectivity index (χ3n) is 9.47. The molecule has 2 unspecified atom stereocenters. The van der Waals surface area contributed by atoms with E-state index >= 15 is 0 Å². The molecule has 1 aromatic heterocycles. The van der Waals surface area contributed by atoms with E-state index in [1.807, 2.05) is 61.5 Å². The van der Waals surface area contributed by atoms with Crippen LogP contribution >= 0.6 is 0 Å². The van der Waals surface area contributed by atoms with E-state index in [4.69, 9.17) is 9.47 Å². The second-order valence-corrected chi connectivity index (χ2v) is 11.5. The van der Waals surface area contributed by atoms with Gasteiger partial charge in [0, 0.05) is 6.54 Å². The first-order valence-corrected chi connectivity index (χ1v) is 14.9. The lowest BCUT2D eigenvalue weighted by atomic mass is 9.65. The Morgan fingerprint density at radius 3 is 2.63 bits per heavy atom. The van der Waals surface area contributed by atoms with E-state index in [1.165, 1.54) is 4.90 Å². The number of rotatable bonds is 11. The van der Waals surface area contributed by atoms with E-state index in [1.54, 1.807) is 22.6 Å². The standard InChI is InChI=1S/C32H37N5O6/c1-4-18-35(20-36-23-15-11-10-14-22(23)33-34-36)29(40)27-32-17-16-31(5-2,43-32)26(30(41)42-6-3)25(32)28(39)37(27)24(19-38)21-12-8-7-9-13-21/h4,7-15,24-27,38H,1,5-6,16-20H2,2-3H3/t24-,25+,26+,27?,31-,32?/m1/s1. The van der Waals surface area contributed by atoms with Crippen LogP contribution in [-0.2, 0) is 30.5 Å². The minimum Gasteiger partial charge on any atom is -0.466 e. The monoisotopic (exact) mass is 587 g/mol. The van der Waals surface area contributed by atoms with Crippen molar-refractivity contribution in [2.24, 2.45) is 11.8 Å². The Hall–Kier alpha value is -4.09. The Labute approximate surface area is 250 Å². The molecule has 3 aliphatic heterocycles. The van der Waals surface area contributed by atoms with Gasteiger partial charge >= 0.3 is 5.97 Å². The third kappa shape index (κ3) is 4.36. The molecule has 11 nitrogen and oxygen atoms in total. The molecule has 3 fully saturated rings. The van der Waals surface area contributed by atoms with Crippen molar-refractivity contribution in [3.8, 4) is 0 Å². The van der Waals surface area contributed by atoms with Crippen molar-refractivity contribution in [3.05, 3.63) is 72.8 Å². The van der Waals surface area contributed by atoms with Crippen molar-refractivity contribution >= 4 is 28.8 Å².